The van der Waals surface area contributed by atoms with Crippen LogP contribution >= 0.6 is 0 Å². The van der Waals surface area contributed by atoms with E-state index >= 15 is 0 Å². The van der Waals surface area contributed by atoms with Gasteiger partial charge in [0.25, 0.3) is 0 Å². The van der Waals surface area contributed by atoms with Gasteiger partial charge in [-0.2, -0.15) is 0 Å². The second-order valence-electron chi connectivity index (χ2n) is 6.63. The molecule has 0 heterocycles. The molecule has 0 unspecified atom stereocenters. The highest BCUT2D eigenvalue weighted by Crippen LogP contribution is 2.15. The zero-order valence-electron chi connectivity index (χ0n) is 13.9. The Balaban J connectivity index is 2.53. The van der Waals surface area contributed by atoms with Gasteiger partial charge in [-0.05, 0) is 51.2 Å². The maximum Gasteiger partial charge on any atom is 0.407 e. The molecule has 0 spiro atoms. The maximum atomic E-state index is 11.3. The van der Waals surface area contributed by atoms with Gasteiger partial charge in [0.1, 0.15) is 0 Å². The average Bonchev–Trinajstić information content (AvgIpc) is 2.39. The van der Waals surface area contributed by atoms with E-state index in [9.17, 15) is 9.90 Å². The second kappa shape index (κ2) is 8.06. The average molecular weight is 291 g/mol. The summed E-state index contributed by atoms with van der Waals surface area (Å²) in [5.41, 5.74) is 2.22. The smallest absolute Gasteiger partial charge is 0.407 e. The molecule has 3 heteroatoms. The number of rotatable bonds is 7. The van der Waals surface area contributed by atoms with Crippen molar-refractivity contribution in [1.29, 1.82) is 0 Å². The molecule has 0 saturated heterocycles. The highest BCUT2D eigenvalue weighted by Gasteiger charge is 2.25. The molecule has 0 atom stereocenters. The molecule has 0 fully saturated rings. The molecule has 118 valence electrons. The molecule has 0 radical (unpaired) electrons. The number of hydrogen-bond acceptors (Lipinski definition) is 1. The zero-order valence-corrected chi connectivity index (χ0v) is 13.9. The molecule has 0 aliphatic carbocycles. The minimum atomic E-state index is -0.848. The molecular weight excluding hydrogens is 262 g/mol. The predicted octanol–water partition coefficient (Wildman–Crippen LogP) is 4.74. The van der Waals surface area contributed by atoms with Gasteiger partial charge in [0.05, 0.1) is 0 Å². The fraction of sp³-hybridized carbons (Fsp3) is 0.611. The van der Waals surface area contributed by atoms with Crippen LogP contribution < -0.4 is 0 Å². The number of carbonyl (C=O) groups is 1. The third-order valence-corrected chi connectivity index (χ3v) is 3.76. The van der Waals surface area contributed by atoms with E-state index in [4.69, 9.17) is 0 Å². The summed E-state index contributed by atoms with van der Waals surface area (Å²) in [7, 11) is 0. The topological polar surface area (TPSA) is 40.5 Å². The van der Waals surface area contributed by atoms with Crippen LogP contribution in [0.1, 0.15) is 58.1 Å². The largest absolute Gasteiger partial charge is 0.465 e. The van der Waals surface area contributed by atoms with E-state index in [0.717, 1.165) is 12.8 Å². The van der Waals surface area contributed by atoms with Crippen molar-refractivity contribution in [3.63, 3.8) is 0 Å². The first-order chi connectivity index (χ1) is 9.84. The second-order valence-corrected chi connectivity index (χ2v) is 6.63. The van der Waals surface area contributed by atoms with Crippen LogP contribution in [0.25, 0.3) is 0 Å². The van der Waals surface area contributed by atoms with E-state index in [1.54, 1.807) is 0 Å². The van der Waals surface area contributed by atoms with Gasteiger partial charge >= 0.3 is 6.09 Å². The number of carboxylic acid groups (broad SMARTS) is 1. The van der Waals surface area contributed by atoms with Crippen LogP contribution in [-0.2, 0) is 12.8 Å². The molecule has 21 heavy (non-hydrogen) atoms. The third kappa shape index (κ3) is 6.19. The van der Waals surface area contributed by atoms with E-state index in [1.807, 2.05) is 20.8 Å². The minimum Gasteiger partial charge on any atom is -0.465 e. The van der Waals surface area contributed by atoms with Crippen LogP contribution in [0, 0.1) is 0 Å². The highest BCUT2D eigenvalue weighted by molar-refractivity contribution is 5.66. The first-order valence-electron chi connectivity index (χ1n) is 7.93. The summed E-state index contributed by atoms with van der Waals surface area (Å²) in [4.78, 5) is 12.8. The van der Waals surface area contributed by atoms with Gasteiger partial charge in [-0.15, -0.1) is 0 Å². The van der Waals surface area contributed by atoms with Gasteiger partial charge in [-0.25, -0.2) is 4.79 Å². The number of amides is 1. The predicted molar refractivity (Wildman–Crippen MR) is 87.9 cm³/mol. The fourth-order valence-corrected chi connectivity index (χ4v) is 2.41. The number of hydrogen-bond donors (Lipinski definition) is 1. The molecule has 1 aromatic rings. The number of aryl methyl sites for hydroxylation is 1. The van der Waals surface area contributed by atoms with Gasteiger partial charge in [-0.1, -0.05) is 44.0 Å². The lowest BCUT2D eigenvalue weighted by Gasteiger charge is -2.33. The summed E-state index contributed by atoms with van der Waals surface area (Å²) < 4.78 is 0. The zero-order chi connectivity index (χ0) is 15.9. The number of nitrogens with zero attached hydrogens (tertiary/aromatic N) is 1. The number of benzene rings is 1. The SMILES string of the molecule is CCCCCc1ccc(CCN(C(=O)O)C(C)(C)C)cc1. The van der Waals surface area contributed by atoms with Crippen LogP contribution in [0.2, 0.25) is 0 Å². The van der Waals surface area contributed by atoms with Gasteiger partial charge in [-0.3, -0.25) is 0 Å². The Kier molecular flexibility index (Phi) is 6.73. The molecular formula is C18H29NO2. The Morgan fingerprint density at radius 2 is 1.57 bits per heavy atom. The van der Waals surface area contributed by atoms with Crippen molar-refractivity contribution in [2.24, 2.45) is 0 Å². The highest BCUT2D eigenvalue weighted by atomic mass is 16.4. The quantitative estimate of drug-likeness (QED) is 0.737. The Hall–Kier alpha value is -1.51. The van der Waals surface area contributed by atoms with Crippen molar-refractivity contribution in [3.05, 3.63) is 35.4 Å². The lowest BCUT2D eigenvalue weighted by Crippen LogP contribution is -2.45. The van der Waals surface area contributed by atoms with E-state index in [0.29, 0.717) is 6.54 Å². The normalized spacial score (nSPS) is 11.4. The first-order valence-corrected chi connectivity index (χ1v) is 7.93. The molecule has 1 amide bonds. The van der Waals surface area contributed by atoms with Crippen molar-refractivity contribution in [2.75, 3.05) is 6.54 Å². The lowest BCUT2D eigenvalue weighted by atomic mass is 10.0. The minimum absolute atomic E-state index is 0.355. The first kappa shape index (κ1) is 17.5. The lowest BCUT2D eigenvalue weighted by molar-refractivity contribution is 0.101. The summed E-state index contributed by atoms with van der Waals surface area (Å²) >= 11 is 0. The summed E-state index contributed by atoms with van der Waals surface area (Å²) in [6.45, 7) is 8.54. The maximum absolute atomic E-state index is 11.3. The molecule has 1 rings (SSSR count). The summed E-state index contributed by atoms with van der Waals surface area (Å²) in [5.74, 6) is 0. The summed E-state index contributed by atoms with van der Waals surface area (Å²) in [6, 6.07) is 8.61. The van der Waals surface area contributed by atoms with Crippen molar-refractivity contribution in [3.8, 4) is 0 Å². The van der Waals surface area contributed by atoms with Gasteiger partial charge in [0.2, 0.25) is 0 Å². The Morgan fingerprint density at radius 1 is 1.05 bits per heavy atom. The van der Waals surface area contributed by atoms with Crippen LogP contribution in [0.3, 0.4) is 0 Å². The Bertz CT molecular complexity index is 432. The van der Waals surface area contributed by atoms with E-state index in [-0.39, 0.29) is 5.54 Å². The van der Waals surface area contributed by atoms with Crippen molar-refractivity contribution < 1.29 is 9.90 Å². The fourth-order valence-electron chi connectivity index (χ4n) is 2.41. The van der Waals surface area contributed by atoms with Crippen LogP contribution in [0.15, 0.2) is 24.3 Å². The Morgan fingerprint density at radius 3 is 2.00 bits per heavy atom. The molecule has 0 aliphatic heterocycles. The van der Waals surface area contributed by atoms with Gasteiger partial charge in [0.15, 0.2) is 0 Å². The molecule has 0 aliphatic rings. The standard InChI is InChI=1S/C18H29NO2/c1-5-6-7-8-15-9-11-16(12-10-15)13-14-19(17(20)21)18(2,3)4/h9-12H,5-8,13-14H2,1-4H3,(H,20,21). The summed E-state index contributed by atoms with van der Waals surface area (Å²) in [5, 5.41) is 9.28. The summed E-state index contributed by atoms with van der Waals surface area (Å²) in [6.07, 6.45) is 4.82. The van der Waals surface area contributed by atoms with Crippen molar-refractivity contribution in [2.45, 2.75) is 65.3 Å². The molecule has 1 N–H and O–H groups in total. The number of unbranched alkanes of at least 4 members (excludes halogenated alkanes) is 2. The van der Waals surface area contributed by atoms with Gasteiger partial charge in [0, 0.05) is 12.1 Å². The van der Waals surface area contributed by atoms with E-state index < -0.39 is 6.09 Å². The molecule has 3 nitrogen and oxygen atoms in total. The van der Waals surface area contributed by atoms with Crippen LogP contribution in [0.4, 0.5) is 4.79 Å². The van der Waals surface area contributed by atoms with E-state index in [1.165, 1.54) is 35.3 Å². The molecule has 0 aromatic heterocycles. The van der Waals surface area contributed by atoms with Gasteiger partial charge < -0.3 is 10.0 Å². The third-order valence-electron chi connectivity index (χ3n) is 3.76. The molecule has 1 aromatic carbocycles. The van der Waals surface area contributed by atoms with Crippen molar-refractivity contribution in [1.82, 2.24) is 4.90 Å². The van der Waals surface area contributed by atoms with Crippen LogP contribution in [-0.4, -0.2) is 28.2 Å². The van der Waals surface area contributed by atoms with E-state index in [2.05, 4.69) is 31.2 Å². The Labute approximate surface area is 129 Å². The molecule has 0 saturated carbocycles. The van der Waals surface area contributed by atoms with Crippen molar-refractivity contribution >= 4 is 6.09 Å². The monoisotopic (exact) mass is 291 g/mol. The molecule has 0 bridgehead atoms. The van der Waals surface area contributed by atoms with Crippen LogP contribution in [0.5, 0.6) is 0 Å².